The minimum absolute atomic E-state index is 0.0985. The SMILES string of the molecule is O=C(c1ccccc1)c1oc2ccccc2c1C(c1ccccc1)c1ccccc1. The summed E-state index contributed by atoms with van der Waals surface area (Å²) in [7, 11) is 0. The number of hydrogen-bond acceptors (Lipinski definition) is 2. The predicted molar refractivity (Wildman–Crippen MR) is 120 cm³/mol. The largest absolute Gasteiger partial charge is 0.452 e. The Kier molecular flexibility index (Phi) is 4.74. The van der Waals surface area contributed by atoms with Gasteiger partial charge in [0.15, 0.2) is 5.76 Å². The van der Waals surface area contributed by atoms with Crippen LogP contribution in [0.25, 0.3) is 11.0 Å². The van der Waals surface area contributed by atoms with Crippen molar-refractivity contribution in [1.82, 2.24) is 0 Å². The summed E-state index contributed by atoms with van der Waals surface area (Å²) in [6.45, 7) is 0. The quantitative estimate of drug-likeness (QED) is 0.308. The van der Waals surface area contributed by atoms with Crippen LogP contribution in [0.2, 0.25) is 0 Å². The minimum Gasteiger partial charge on any atom is -0.452 e. The van der Waals surface area contributed by atoms with Crippen LogP contribution in [-0.4, -0.2) is 5.78 Å². The van der Waals surface area contributed by atoms with Gasteiger partial charge < -0.3 is 4.42 Å². The zero-order valence-electron chi connectivity index (χ0n) is 16.4. The predicted octanol–water partition coefficient (Wildman–Crippen LogP) is 6.84. The van der Waals surface area contributed by atoms with Crippen LogP contribution in [-0.2, 0) is 0 Å². The lowest BCUT2D eigenvalue weighted by Crippen LogP contribution is -2.09. The summed E-state index contributed by atoms with van der Waals surface area (Å²) in [6.07, 6.45) is 0. The van der Waals surface area contributed by atoms with Crippen LogP contribution in [0.1, 0.15) is 38.7 Å². The van der Waals surface area contributed by atoms with Crippen LogP contribution in [0.3, 0.4) is 0 Å². The van der Waals surface area contributed by atoms with E-state index in [1.54, 1.807) is 0 Å². The first-order valence-electron chi connectivity index (χ1n) is 10.0. The van der Waals surface area contributed by atoms with Gasteiger partial charge in [0.1, 0.15) is 5.58 Å². The normalized spacial score (nSPS) is 11.1. The summed E-state index contributed by atoms with van der Waals surface area (Å²) in [5, 5.41) is 0.967. The number of fused-ring (bicyclic) bond motifs is 1. The second-order valence-corrected chi connectivity index (χ2v) is 7.29. The highest BCUT2D eigenvalue weighted by Crippen LogP contribution is 2.40. The number of carbonyl (C=O) groups excluding carboxylic acids is 1. The lowest BCUT2D eigenvalue weighted by atomic mass is 9.82. The Morgan fingerprint density at radius 2 is 1.10 bits per heavy atom. The van der Waals surface area contributed by atoms with Gasteiger partial charge in [-0.25, -0.2) is 0 Å². The van der Waals surface area contributed by atoms with E-state index in [0.29, 0.717) is 11.3 Å². The molecule has 30 heavy (non-hydrogen) atoms. The molecule has 0 saturated heterocycles. The topological polar surface area (TPSA) is 30.2 Å². The van der Waals surface area contributed by atoms with Gasteiger partial charge in [-0.3, -0.25) is 4.79 Å². The van der Waals surface area contributed by atoms with Gasteiger partial charge in [0.25, 0.3) is 0 Å². The molecule has 0 radical (unpaired) electrons. The molecule has 0 atom stereocenters. The number of hydrogen-bond donors (Lipinski definition) is 0. The molecule has 144 valence electrons. The van der Waals surface area contributed by atoms with Gasteiger partial charge in [-0.05, 0) is 17.2 Å². The van der Waals surface area contributed by atoms with Gasteiger partial charge >= 0.3 is 0 Å². The van der Waals surface area contributed by atoms with Crippen LogP contribution in [0.4, 0.5) is 0 Å². The number of benzene rings is 4. The Morgan fingerprint density at radius 3 is 1.70 bits per heavy atom. The van der Waals surface area contributed by atoms with Gasteiger partial charge in [0.2, 0.25) is 5.78 Å². The van der Waals surface area contributed by atoms with Crippen LogP contribution >= 0.6 is 0 Å². The van der Waals surface area contributed by atoms with Crippen LogP contribution in [0.15, 0.2) is 120 Å². The molecule has 2 heteroatoms. The van der Waals surface area contributed by atoms with Crippen LogP contribution < -0.4 is 0 Å². The van der Waals surface area contributed by atoms with E-state index in [0.717, 1.165) is 27.7 Å². The highest BCUT2D eigenvalue weighted by atomic mass is 16.3. The second-order valence-electron chi connectivity index (χ2n) is 7.29. The highest BCUT2D eigenvalue weighted by molar-refractivity contribution is 6.11. The summed E-state index contributed by atoms with van der Waals surface area (Å²) in [5.74, 6) is 0.192. The van der Waals surface area contributed by atoms with E-state index in [1.165, 1.54) is 0 Å². The highest BCUT2D eigenvalue weighted by Gasteiger charge is 2.29. The van der Waals surface area contributed by atoms with Crippen LogP contribution in [0, 0.1) is 0 Å². The van der Waals surface area contributed by atoms with Crippen molar-refractivity contribution >= 4 is 16.8 Å². The standard InChI is InChI=1S/C28H20O2/c29-27(22-16-8-3-9-17-22)28-26(23-18-10-11-19-24(23)30-28)25(20-12-4-1-5-13-20)21-14-6-2-7-15-21/h1-19,25H. The van der Waals surface area contributed by atoms with E-state index in [2.05, 4.69) is 24.3 Å². The van der Waals surface area contributed by atoms with E-state index in [9.17, 15) is 4.79 Å². The van der Waals surface area contributed by atoms with Crippen molar-refractivity contribution in [2.24, 2.45) is 0 Å². The van der Waals surface area contributed by atoms with E-state index in [4.69, 9.17) is 4.42 Å². The van der Waals surface area contributed by atoms with Crippen molar-refractivity contribution in [3.8, 4) is 0 Å². The lowest BCUT2D eigenvalue weighted by Gasteiger charge is -2.19. The summed E-state index contributed by atoms with van der Waals surface area (Å²) in [4.78, 5) is 13.5. The molecule has 0 N–H and O–H groups in total. The number of furan rings is 1. The first kappa shape index (κ1) is 18.1. The van der Waals surface area contributed by atoms with Crippen molar-refractivity contribution < 1.29 is 9.21 Å². The van der Waals surface area contributed by atoms with Gasteiger partial charge in [-0.2, -0.15) is 0 Å². The number of rotatable bonds is 5. The summed E-state index contributed by atoms with van der Waals surface area (Å²) < 4.78 is 6.19. The van der Waals surface area contributed by atoms with Gasteiger partial charge in [0, 0.05) is 22.4 Å². The lowest BCUT2D eigenvalue weighted by molar-refractivity contribution is 0.101. The maximum Gasteiger partial charge on any atom is 0.228 e. The molecular formula is C28H20O2. The molecule has 0 aliphatic rings. The third-order valence-electron chi connectivity index (χ3n) is 5.43. The average molecular weight is 388 g/mol. The Hall–Kier alpha value is -3.91. The smallest absolute Gasteiger partial charge is 0.228 e. The Bertz CT molecular complexity index is 1250. The molecule has 0 aliphatic carbocycles. The molecule has 0 amide bonds. The Morgan fingerprint density at radius 1 is 0.600 bits per heavy atom. The fraction of sp³-hybridized carbons (Fsp3) is 0.0357. The number of para-hydroxylation sites is 1. The minimum atomic E-state index is -0.112. The van der Waals surface area contributed by atoms with Crippen molar-refractivity contribution in [2.45, 2.75) is 5.92 Å². The van der Waals surface area contributed by atoms with Crippen molar-refractivity contribution in [3.63, 3.8) is 0 Å². The van der Waals surface area contributed by atoms with Crippen molar-refractivity contribution in [2.75, 3.05) is 0 Å². The Balaban J connectivity index is 1.80. The van der Waals surface area contributed by atoms with Gasteiger partial charge in [-0.15, -0.1) is 0 Å². The van der Waals surface area contributed by atoms with E-state index < -0.39 is 0 Å². The molecule has 5 rings (SSSR count). The zero-order valence-corrected chi connectivity index (χ0v) is 16.4. The zero-order chi connectivity index (χ0) is 20.3. The average Bonchev–Trinajstić information content (AvgIpc) is 3.20. The van der Waals surface area contributed by atoms with Crippen molar-refractivity contribution in [3.05, 3.63) is 143 Å². The summed E-state index contributed by atoms with van der Waals surface area (Å²) in [5.41, 5.74) is 4.51. The maximum absolute atomic E-state index is 13.5. The molecular weight excluding hydrogens is 368 g/mol. The summed E-state index contributed by atoms with van der Waals surface area (Å²) in [6, 6.07) is 37.8. The molecule has 2 nitrogen and oxygen atoms in total. The third kappa shape index (κ3) is 3.23. The Labute approximate surface area is 175 Å². The second kappa shape index (κ2) is 7.84. The number of carbonyl (C=O) groups is 1. The first-order chi connectivity index (χ1) is 14.8. The molecule has 0 saturated carbocycles. The molecule has 0 aliphatic heterocycles. The maximum atomic E-state index is 13.5. The fourth-order valence-corrected chi connectivity index (χ4v) is 4.06. The monoisotopic (exact) mass is 388 g/mol. The van der Waals surface area contributed by atoms with Gasteiger partial charge in [0.05, 0.1) is 0 Å². The molecule has 0 spiro atoms. The molecule has 0 bridgehead atoms. The van der Waals surface area contributed by atoms with E-state index in [1.807, 2.05) is 91.0 Å². The van der Waals surface area contributed by atoms with Gasteiger partial charge in [-0.1, -0.05) is 109 Å². The summed E-state index contributed by atoms with van der Waals surface area (Å²) >= 11 is 0. The first-order valence-corrected chi connectivity index (χ1v) is 10.0. The number of ketones is 1. The van der Waals surface area contributed by atoms with E-state index in [-0.39, 0.29) is 11.7 Å². The molecule has 4 aromatic carbocycles. The fourth-order valence-electron chi connectivity index (χ4n) is 4.06. The van der Waals surface area contributed by atoms with Crippen LogP contribution in [0.5, 0.6) is 0 Å². The third-order valence-corrected chi connectivity index (χ3v) is 5.43. The van der Waals surface area contributed by atoms with Crippen molar-refractivity contribution in [1.29, 1.82) is 0 Å². The molecule has 5 aromatic rings. The molecule has 0 fully saturated rings. The molecule has 1 aromatic heterocycles. The molecule has 1 heterocycles. The molecule has 0 unspecified atom stereocenters. The van der Waals surface area contributed by atoms with E-state index >= 15 is 0 Å².